The molecule has 3 amide bonds. The van der Waals surface area contributed by atoms with Crippen molar-refractivity contribution in [3.63, 3.8) is 0 Å². The number of carbonyl (C=O) groups is 4. The standard InChI is InChI=1S/C51H71N7O6S4/c1-32(52-7)46(65)55-37-21-25-67-41-28-50(3,4)43(57(41)48(37)61)40(59)27-36(34-17-11-9-12-18-34)30-63-23-15-16-24-64-31-39(35-19-13-10-14-20-35)54-45(60)44-51(5,6)29-42-58(44)49(62)38(22-26-68-42)56-47(66)33(2)53-8/h9-14,17-20,32-33,36-39,41-44,52-53H,21-31H2,1-8H3,(H,54,60)(H,55,65)(H,56,66)/t32-,33-,36+,37-,38-,39+,41-,42-,43+,44+/m0/s1. The van der Waals surface area contributed by atoms with Crippen LogP contribution in [-0.2, 0) is 28.7 Å². The molecular weight excluding hydrogens is 935 g/mol. The fourth-order valence-electron chi connectivity index (χ4n) is 9.76. The van der Waals surface area contributed by atoms with Crippen LogP contribution in [0.25, 0.3) is 0 Å². The SMILES string of the molecule is CN[C@@H](C)C(=S)N[C@H]1CCS[C@H]2CC(C)(C)[C@@H](C(=O)C[C@H](COCC#CCOC[C@@H](NC(=O)[C@H]3N4C(=O)[C@@H](NC(=S)[C@H](C)NC)CCS[C@H]4CC3(C)C)c3ccccc3)c3ccccc3)N2C1=O. The number of Topliss-reactive ketones (excluding diaryl/α,β-unsaturated/α-hetero) is 1. The molecule has 4 saturated heterocycles. The van der Waals surface area contributed by atoms with Gasteiger partial charge in [0.1, 0.15) is 31.3 Å². The predicted octanol–water partition coefficient (Wildman–Crippen LogP) is 5.59. The van der Waals surface area contributed by atoms with Crippen LogP contribution in [0.15, 0.2) is 60.7 Å². The number of benzene rings is 2. The lowest BCUT2D eigenvalue weighted by atomic mass is 9.79. The molecule has 2 aromatic rings. The van der Waals surface area contributed by atoms with Crippen LogP contribution >= 0.6 is 48.0 Å². The molecule has 0 saturated carbocycles. The second kappa shape index (κ2) is 24.5. The second-order valence-corrected chi connectivity index (χ2v) is 23.1. The zero-order chi connectivity index (χ0) is 49.2. The summed E-state index contributed by atoms with van der Waals surface area (Å²) in [7, 11) is 3.67. The summed E-state index contributed by atoms with van der Waals surface area (Å²) in [6.07, 6.45) is 2.89. The van der Waals surface area contributed by atoms with E-state index in [9.17, 15) is 19.2 Å². The first-order valence-electron chi connectivity index (χ1n) is 23.8. The number of ether oxygens (including phenoxy) is 2. The van der Waals surface area contributed by atoms with Crippen molar-refractivity contribution in [3.05, 3.63) is 71.8 Å². The minimum Gasteiger partial charge on any atom is -0.368 e. The van der Waals surface area contributed by atoms with Gasteiger partial charge in [0.15, 0.2) is 5.78 Å². The average molecular weight is 1010 g/mol. The Labute approximate surface area is 423 Å². The molecule has 6 rings (SSSR count). The van der Waals surface area contributed by atoms with E-state index < -0.39 is 41.0 Å². The topological polar surface area (TPSA) is 153 Å². The number of likely N-dealkylation sites (N-methyl/N-ethyl adjacent to an activating group) is 2. The van der Waals surface area contributed by atoms with Gasteiger partial charge >= 0.3 is 0 Å². The number of carbonyl (C=O) groups excluding carboxylic acids is 4. The van der Waals surface area contributed by atoms with Crippen molar-refractivity contribution in [1.82, 2.24) is 36.4 Å². The lowest BCUT2D eigenvalue weighted by Gasteiger charge is -2.35. The van der Waals surface area contributed by atoms with Crippen LogP contribution < -0.4 is 26.6 Å². The zero-order valence-corrected chi connectivity index (χ0v) is 44.1. The van der Waals surface area contributed by atoms with E-state index in [4.69, 9.17) is 33.9 Å². The Balaban J connectivity index is 1.06. The molecule has 17 heteroatoms. The Bertz CT molecular complexity index is 2010. The summed E-state index contributed by atoms with van der Waals surface area (Å²) in [6, 6.07) is 16.6. The number of hydrogen-bond acceptors (Lipinski definition) is 12. The molecule has 370 valence electrons. The molecule has 0 spiro atoms. The molecule has 4 fully saturated rings. The average Bonchev–Trinajstić information content (AvgIpc) is 3.64. The molecule has 5 N–H and O–H groups in total. The molecule has 4 heterocycles. The van der Waals surface area contributed by atoms with Crippen molar-refractivity contribution in [1.29, 1.82) is 0 Å². The van der Waals surface area contributed by atoms with E-state index in [2.05, 4.69) is 66.1 Å². The Kier molecular flexibility index (Phi) is 19.4. The third-order valence-corrected chi connectivity index (χ3v) is 17.2. The maximum atomic E-state index is 14.5. The summed E-state index contributed by atoms with van der Waals surface area (Å²) < 4.78 is 12.2. The summed E-state index contributed by atoms with van der Waals surface area (Å²) in [6.45, 7) is 12.9. The van der Waals surface area contributed by atoms with Gasteiger partial charge in [0.05, 0.1) is 58.1 Å². The minimum atomic E-state index is -0.688. The molecule has 4 aliphatic heterocycles. The quantitative estimate of drug-likeness (QED) is 0.0676. The fraction of sp³-hybridized carbons (Fsp3) is 0.608. The van der Waals surface area contributed by atoms with Crippen molar-refractivity contribution in [2.24, 2.45) is 10.8 Å². The summed E-state index contributed by atoms with van der Waals surface area (Å²) in [5.74, 6) is 7.06. The minimum absolute atomic E-state index is 0.0178. The van der Waals surface area contributed by atoms with Crippen LogP contribution in [0.1, 0.15) is 96.7 Å². The van der Waals surface area contributed by atoms with E-state index >= 15 is 0 Å². The van der Waals surface area contributed by atoms with Crippen molar-refractivity contribution >= 4 is 81.4 Å². The maximum Gasteiger partial charge on any atom is 0.246 e. The number of nitrogens with one attached hydrogen (secondary N) is 5. The second-order valence-electron chi connectivity index (χ2n) is 19.7. The highest BCUT2D eigenvalue weighted by Gasteiger charge is 2.56. The molecule has 0 aliphatic carbocycles. The highest BCUT2D eigenvalue weighted by Crippen LogP contribution is 2.48. The normalized spacial score (nSPS) is 25.8. The molecule has 0 aromatic heterocycles. The third kappa shape index (κ3) is 13.2. The molecule has 0 radical (unpaired) electrons. The first kappa shape index (κ1) is 53.7. The molecule has 0 bridgehead atoms. The molecule has 13 nitrogen and oxygen atoms in total. The highest BCUT2D eigenvalue weighted by atomic mass is 32.2. The van der Waals surface area contributed by atoms with E-state index in [0.717, 1.165) is 29.1 Å². The Morgan fingerprint density at radius 3 is 1.68 bits per heavy atom. The lowest BCUT2D eigenvalue weighted by molar-refractivity contribution is -0.142. The van der Waals surface area contributed by atoms with Gasteiger partial charge in [-0.25, -0.2) is 0 Å². The van der Waals surface area contributed by atoms with Crippen molar-refractivity contribution < 1.29 is 28.7 Å². The van der Waals surface area contributed by atoms with E-state index in [0.29, 0.717) is 29.2 Å². The molecule has 10 atom stereocenters. The molecule has 4 aliphatic rings. The molecular formula is C51H71N7O6S4. The van der Waals surface area contributed by atoms with Crippen molar-refractivity contribution in [3.8, 4) is 11.8 Å². The van der Waals surface area contributed by atoms with E-state index in [1.54, 1.807) is 28.4 Å². The number of hydrogen-bond donors (Lipinski definition) is 5. The molecule has 68 heavy (non-hydrogen) atoms. The first-order chi connectivity index (χ1) is 32.5. The van der Waals surface area contributed by atoms with Crippen LogP contribution in [0.5, 0.6) is 0 Å². The van der Waals surface area contributed by atoms with Gasteiger partial charge in [-0.15, -0.1) is 23.5 Å². The van der Waals surface area contributed by atoms with E-state index in [-0.39, 0.29) is 85.1 Å². The van der Waals surface area contributed by atoms with Gasteiger partial charge in [0.2, 0.25) is 17.7 Å². The van der Waals surface area contributed by atoms with Gasteiger partial charge in [-0.05, 0) is 87.1 Å². The third-order valence-electron chi connectivity index (χ3n) is 13.8. The maximum absolute atomic E-state index is 14.5. The lowest BCUT2D eigenvalue weighted by Crippen LogP contribution is -2.58. The van der Waals surface area contributed by atoms with Crippen LogP contribution in [0.4, 0.5) is 0 Å². The Morgan fingerprint density at radius 1 is 0.721 bits per heavy atom. The number of rotatable bonds is 19. The van der Waals surface area contributed by atoms with Crippen molar-refractivity contribution in [2.45, 2.75) is 133 Å². The van der Waals surface area contributed by atoms with Gasteiger partial charge in [-0.2, -0.15) is 0 Å². The van der Waals surface area contributed by atoms with E-state index in [1.165, 1.54) is 0 Å². The Morgan fingerprint density at radius 2 is 1.18 bits per heavy atom. The number of amides is 3. The summed E-state index contributed by atoms with van der Waals surface area (Å²) >= 11 is 14.7. The highest BCUT2D eigenvalue weighted by molar-refractivity contribution is 8.00. The number of fused-ring (bicyclic) bond motifs is 2. The largest absolute Gasteiger partial charge is 0.368 e. The molecule has 0 unspecified atom stereocenters. The smallest absolute Gasteiger partial charge is 0.246 e. The first-order valence-corrected chi connectivity index (χ1v) is 26.8. The van der Waals surface area contributed by atoms with Gasteiger partial charge in [0.25, 0.3) is 0 Å². The van der Waals surface area contributed by atoms with Crippen LogP contribution in [0.3, 0.4) is 0 Å². The van der Waals surface area contributed by atoms with Crippen LogP contribution in [0.2, 0.25) is 0 Å². The zero-order valence-electron chi connectivity index (χ0n) is 40.8. The van der Waals surface area contributed by atoms with Gasteiger partial charge in [-0.1, -0.05) is 125 Å². The van der Waals surface area contributed by atoms with Crippen LogP contribution in [0, 0.1) is 22.7 Å². The van der Waals surface area contributed by atoms with E-state index in [1.807, 2.05) is 93.5 Å². The van der Waals surface area contributed by atoms with Gasteiger partial charge in [0, 0.05) is 12.3 Å². The van der Waals surface area contributed by atoms with Crippen molar-refractivity contribution in [2.75, 3.05) is 52.0 Å². The van der Waals surface area contributed by atoms with Gasteiger partial charge in [-0.3, -0.25) is 19.2 Å². The van der Waals surface area contributed by atoms with Gasteiger partial charge < -0.3 is 45.9 Å². The Hall–Kier alpha value is -3.60. The van der Waals surface area contributed by atoms with Crippen LogP contribution in [-0.4, -0.2) is 142 Å². The summed E-state index contributed by atoms with van der Waals surface area (Å²) in [5, 5.41) is 15.9. The number of thiocarbonyl (C=S) groups is 2. The molecule has 2 aromatic carbocycles. The monoisotopic (exact) mass is 1010 g/mol. The summed E-state index contributed by atoms with van der Waals surface area (Å²) in [4.78, 5) is 62.2. The predicted molar refractivity (Wildman–Crippen MR) is 281 cm³/mol. The number of ketones is 1. The number of thioether (sulfide) groups is 2. The summed E-state index contributed by atoms with van der Waals surface area (Å²) in [5.41, 5.74) is 0.976. The fourth-order valence-corrected chi connectivity index (χ4v) is 13.4. The number of nitrogens with zero attached hydrogens (tertiary/aromatic N) is 2.